The number of amides is 2. The molecule has 6 nitrogen and oxygen atoms in total. The van der Waals surface area contributed by atoms with Crippen molar-refractivity contribution in [2.24, 2.45) is 0 Å². The predicted octanol–water partition coefficient (Wildman–Crippen LogP) is 1.68. The van der Waals surface area contributed by atoms with Crippen molar-refractivity contribution >= 4 is 23.3 Å². The minimum atomic E-state index is -0.492. The SMILES string of the molecule is CN(C)c1cc(C(=O)N[C@H]2CCN(c3ccccc3)C2=O)ccn1. The predicted molar refractivity (Wildman–Crippen MR) is 93.2 cm³/mol. The van der Waals surface area contributed by atoms with Gasteiger partial charge in [0.25, 0.3) is 5.91 Å². The van der Waals surface area contributed by atoms with Gasteiger partial charge in [-0.1, -0.05) is 18.2 Å². The molecule has 24 heavy (non-hydrogen) atoms. The first-order valence-electron chi connectivity index (χ1n) is 7.87. The van der Waals surface area contributed by atoms with E-state index in [4.69, 9.17) is 0 Å². The maximum Gasteiger partial charge on any atom is 0.252 e. The van der Waals surface area contributed by atoms with Gasteiger partial charge in [-0.2, -0.15) is 0 Å². The molecule has 1 aliphatic rings. The number of anilines is 2. The van der Waals surface area contributed by atoms with Crippen molar-refractivity contribution in [2.75, 3.05) is 30.4 Å². The molecule has 124 valence electrons. The summed E-state index contributed by atoms with van der Waals surface area (Å²) in [7, 11) is 3.73. The molecule has 0 aliphatic carbocycles. The third-order valence-electron chi connectivity index (χ3n) is 4.04. The Kier molecular flexibility index (Phi) is 4.46. The van der Waals surface area contributed by atoms with Crippen LogP contribution in [0.15, 0.2) is 48.7 Å². The summed E-state index contributed by atoms with van der Waals surface area (Å²) in [5.41, 5.74) is 1.36. The van der Waals surface area contributed by atoms with Crippen LogP contribution in [-0.2, 0) is 4.79 Å². The second-order valence-corrected chi connectivity index (χ2v) is 5.94. The molecule has 3 rings (SSSR count). The molecule has 0 saturated carbocycles. The first kappa shape index (κ1) is 16.0. The number of hydrogen-bond acceptors (Lipinski definition) is 4. The minimum Gasteiger partial charge on any atom is -0.363 e. The molecule has 2 heterocycles. The highest BCUT2D eigenvalue weighted by Gasteiger charge is 2.33. The molecule has 1 aromatic carbocycles. The van der Waals surface area contributed by atoms with Crippen LogP contribution in [0.25, 0.3) is 0 Å². The van der Waals surface area contributed by atoms with Gasteiger partial charge < -0.3 is 15.1 Å². The number of rotatable bonds is 4. The highest BCUT2D eigenvalue weighted by atomic mass is 16.2. The fraction of sp³-hybridized carbons (Fsp3) is 0.278. The number of benzene rings is 1. The van der Waals surface area contributed by atoms with Crippen molar-refractivity contribution in [2.45, 2.75) is 12.5 Å². The molecule has 1 fully saturated rings. The Morgan fingerprint density at radius 3 is 2.71 bits per heavy atom. The molecule has 1 N–H and O–H groups in total. The summed E-state index contributed by atoms with van der Waals surface area (Å²) in [4.78, 5) is 32.7. The summed E-state index contributed by atoms with van der Waals surface area (Å²) >= 11 is 0. The maximum absolute atomic E-state index is 12.5. The van der Waals surface area contributed by atoms with Gasteiger partial charge in [0.1, 0.15) is 11.9 Å². The van der Waals surface area contributed by atoms with Gasteiger partial charge in [-0.05, 0) is 30.7 Å². The number of nitrogens with zero attached hydrogens (tertiary/aromatic N) is 3. The van der Waals surface area contributed by atoms with E-state index in [-0.39, 0.29) is 11.8 Å². The van der Waals surface area contributed by atoms with Crippen molar-refractivity contribution in [1.29, 1.82) is 0 Å². The Morgan fingerprint density at radius 1 is 1.25 bits per heavy atom. The number of carbonyl (C=O) groups is 2. The molecule has 2 aromatic rings. The van der Waals surface area contributed by atoms with E-state index in [1.807, 2.05) is 49.3 Å². The normalized spacial score (nSPS) is 17.0. The van der Waals surface area contributed by atoms with Gasteiger partial charge in [0.2, 0.25) is 5.91 Å². The Balaban J connectivity index is 1.69. The van der Waals surface area contributed by atoms with Crippen LogP contribution in [0.3, 0.4) is 0 Å². The first-order valence-corrected chi connectivity index (χ1v) is 7.87. The Labute approximate surface area is 141 Å². The average Bonchev–Trinajstić information content (AvgIpc) is 2.96. The maximum atomic E-state index is 12.5. The quantitative estimate of drug-likeness (QED) is 0.929. The lowest BCUT2D eigenvalue weighted by molar-refractivity contribution is -0.118. The third kappa shape index (κ3) is 3.22. The van der Waals surface area contributed by atoms with Crippen molar-refractivity contribution < 1.29 is 9.59 Å². The summed E-state index contributed by atoms with van der Waals surface area (Å²) in [6.45, 7) is 0.604. The molecule has 0 unspecified atom stereocenters. The third-order valence-corrected chi connectivity index (χ3v) is 4.04. The lowest BCUT2D eigenvalue weighted by Gasteiger charge is -2.17. The zero-order valence-electron chi connectivity index (χ0n) is 13.8. The fourth-order valence-electron chi connectivity index (χ4n) is 2.72. The van der Waals surface area contributed by atoms with Crippen LogP contribution in [0.1, 0.15) is 16.8 Å². The van der Waals surface area contributed by atoms with Gasteiger partial charge in [-0.25, -0.2) is 4.98 Å². The zero-order valence-corrected chi connectivity index (χ0v) is 13.8. The summed E-state index contributed by atoms with van der Waals surface area (Å²) in [5.74, 6) is 0.372. The van der Waals surface area contributed by atoms with E-state index in [0.29, 0.717) is 24.3 Å². The highest BCUT2D eigenvalue weighted by Crippen LogP contribution is 2.21. The zero-order chi connectivity index (χ0) is 17.1. The van der Waals surface area contributed by atoms with Crippen molar-refractivity contribution in [3.8, 4) is 0 Å². The van der Waals surface area contributed by atoms with Crippen LogP contribution in [0.5, 0.6) is 0 Å². The molecule has 1 atom stereocenters. The molecule has 1 aliphatic heterocycles. The highest BCUT2D eigenvalue weighted by molar-refractivity contribution is 6.04. The van der Waals surface area contributed by atoms with Crippen LogP contribution in [-0.4, -0.2) is 43.5 Å². The van der Waals surface area contributed by atoms with Gasteiger partial charge in [-0.3, -0.25) is 9.59 Å². The van der Waals surface area contributed by atoms with Gasteiger partial charge in [0, 0.05) is 38.1 Å². The number of hydrogen-bond donors (Lipinski definition) is 1. The van der Waals surface area contributed by atoms with E-state index in [2.05, 4.69) is 10.3 Å². The van der Waals surface area contributed by atoms with E-state index in [1.165, 1.54) is 0 Å². The second kappa shape index (κ2) is 6.70. The lowest BCUT2D eigenvalue weighted by atomic mass is 10.2. The Hall–Kier alpha value is -2.89. The first-order chi connectivity index (χ1) is 11.6. The molecule has 1 aromatic heterocycles. The van der Waals surface area contributed by atoms with Crippen molar-refractivity contribution in [3.05, 3.63) is 54.2 Å². The van der Waals surface area contributed by atoms with Crippen LogP contribution < -0.4 is 15.1 Å². The Morgan fingerprint density at radius 2 is 2.00 bits per heavy atom. The van der Waals surface area contributed by atoms with Crippen LogP contribution >= 0.6 is 0 Å². The van der Waals surface area contributed by atoms with E-state index in [1.54, 1.807) is 23.2 Å². The van der Waals surface area contributed by atoms with Gasteiger partial charge in [0.05, 0.1) is 0 Å². The lowest BCUT2D eigenvalue weighted by Crippen LogP contribution is -2.41. The van der Waals surface area contributed by atoms with E-state index in [9.17, 15) is 9.59 Å². The fourth-order valence-corrected chi connectivity index (χ4v) is 2.72. The Bertz CT molecular complexity index is 746. The molecule has 0 bridgehead atoms. The molecule has 0 spiro atoms. The van der Waals surface area contributed by atoms with Crippen LogP contribution in [0.2, 0.25) is 0 Å². The van der Waals surface area contributed by atoms with Crippen LogP contribution in [0, 0.1) is 0 Å². The summed E-state index contributed by atoms with van der Waals surface area (Å²) in [6.07, 6.45) is 2.20. The number of aromatic nitrogens is 1. The molecule has 0 radical (unpaired) electrons. The number of para-hydroxylation sites is 1. The van der Waals surface area contributed by atoms with E-state index >= 15 is 0 Å². The molecule has 1 saturated heterocycles. The standard InChI is InChI=1S/C18H20N4O2/c1-21(2)16-12-13(8-10-19-16)17(23)20-15-9-11-22(18(15)24)14-6-4-3-5-7-14/h3-8,10,12,15H,9,11H2,1-2H3,(H,20,23)/t15-/m0/s1. The number of nitrogens with one attached hydrogen (secondary N) is 1. The second-order valence-electron chi connectivity index (χ2n) is 5.94. The number of carbonyl (C=O) groups excluding carboxylic acids is 2. The molecular weight excluding hydrogens is 304 g/mol. The van der Waals surface area contributed by atoms with E-state index < -0.39 is 6.04 Å². The van der Waals surface area contributed by atoms with Gasteiger partial charge in [0.15, 0.2) is 0 Å². The molecule has 6 heteroatoms. The molecular formula is C18H20N4O2. The average molecular weight is 324 g/mol. The van der Waals surface area contributed by atoms with Gasteiger partial charge in [-0.15, -0.1) is 0 Å². The summed E-state index contributed by atoms with van der Waals surface area (Å²) in [6, 6.07) is 12.4. The summed E-state index contributed by atoms with van der Waals surface area (Å²) < 4.78 is 0. The van der Waals surface area contributed by atoms with Crippen LogP contribution in [0.4, 0.5) is 11.5 Å². The topological polar surface area (TPSA) is 65.5 Å². The largest absolute Gasteiger partial charge is 0.363 e. The minimum absolute atomic E-state index is 0.0727. The smallest absolute Gasteiger partial charge is 0.252 e. The number of pyridine rings is 1. The monoisotopic (exact) mass is 324 g/mol. The summed E-state index contributed by atoms with van der Waals surface area (Å²) in [5, 5.41) is 2.83. The molecule has 2 amide bonds. The van der Waals surface area contributed by atoms with Crippen molar-refractivity contribution in [1.82, 2.24) is 10.3 Å². The van der Waals surface area contributed by atoms with E-state index in [0.717, 1.165) is 5.69 Å². The van der Waals surface area contributed by atoms with Crippen molar-refractivity contribution in [3.63, 3.8) is 0 Å². The van der Waals surface area contributed by atoms with Gasteiger partial charge >= 0.3 is 0 Å².